The number of rotatable bonds is 5. The lowest BCUT2D eigenvalue weighted by Gasteiger charge is -2.32. The van der Waals surface area contributed by atoms with E-state index >= 15 is 0 Å². The number of ether oxygens (including phenoxy) is 1. The fourth-order valence-corrected chi connectivity index (χ4v) is 6.18. The molecule has 9 heteroatoms. The van der Waals surface area contributed by atoms with Crippen LogP contribution in [-0.4, -0.2) is 51.9 Å². The number of piperidine rings is 1. The molecule has 2 aromatic carbocycles. The molecule has 0 spiro atoms. The quantitative estimate of drug-likeness (QED) is 0.740. The van der Waals surface area contributed by atoms with Gasteiger partial charge in [0.25, 0.3) is 15.9 Å². The standard InChI is InChI=1S/C23H27N3O5S/c1-31-20-11-10-17(23(28)25-12-4-8-18(15-25)22(24)27)14-21(20)32(29,30)26-13-5-7-16-6-2-3-9-19(16)26/h2-3,6,9-11,14,18H,4-5,7-8,12-13,15H2,1H3,(H2,24,27)/t18-/m1/s1. The van der Waals surface area contributed by atoms with E-state index in [1.165, 1.54) is 23.5 Å². The molecule has 0 bridgehead atoms. The third-order valence-corrected chi connectivity index (χ3v) is 7.99. The molecule has 0 unspecified atom stereocenters. The Morgan fingerprint density at radius 3 is 2.62 bits per heavy atom. The van der Waals surface area contributed by atoms with Crippen LogP contribution in [0, 0.1) is 5.92 Å². The predicted octanol–water partition coefficient (Wildman–Crippen LogP) is 2.17. The first-order chi connectivity index (χ1) is 15.3. The number of fused-ring (bicyclic) bond motifs is 1. The van der Waals surface area contributed by atoms with Crippen molar-refractivity contribution in [3.05, 3.63) is 53.6 Å². The molecule has 0 aliphatic carbocycles. The van der Waals surface area contributed by atoms with Gasteiger partial charge in [0.05, 0.1) is 18.7 Å². The number of methoxy groups -OCH3 is 1. The highest BCUT2D eigenvalue weighted by Gasteiger charge is 2.33. The van der Waals surface area contributed by atoms with Crippen molar-refractivity contribution in [1.29, 1.82) is 0 Å². The summed E-state index contributed by atoms with van der Waals surface area (Å²) in [7, 11) is -2.56. The second-order valence-corrected chi connectivity index (χ2v) is 10.00. The number of nitrogens with zero attached hydrogens (tertiary/aromatic N) is 2. The van der Waals surface area contributed by atoms with E-state index in [1.54, 1.807) is 17.0 Å². The van der Waals surface area contributed by atoms with Gasteiger partial charge >= 0.3 is 0 Å². The number of amides is 2. The molecule has 1 atom stereocenters. The summed E-state index contributed by atoms with van der Waals surface area (Å²) in [6, 6.07) is 11.9. The van der Waals surface area contributed by atoms with Crippen molar-refractivity contribution in [3.8, 4) is 5.75 Å². The molecule has 2 heterocycles. The zero-order valence-electron chi connectivity index (χ0n) is 18.0. The highest BCUT2D eigenvalue weighted by Crippen LogP contribution is 2.35. The molecule has 0 saturated carbocycles. The summed E-state index contributed by atoms with van der Waals surface area (Å²) in [6.45, 7) is 1.09. The molecule has 2 amide bonds. The average Bonchev–Trinajstić information content (AvgIpc) is 2.82. The van der Waals surface area contributed by atoms with E-state index in [9.17, 15) is 18.0 Å². The van der Waals surface area contributed by atoms with Crippen LogP contribution in [0.15, 0.2) is 47.4 Å². The Hall–Kier alpha value is -3.07. The molecular formula is C23H27N3O5S. The average molecular weight is 458 g/mol. The number of primary amides is 1. The van der Waals surface area contributed by atoms with Crippen LogP contribution < -0.4 is 14.8 Å². The van der Waals surface area contributed by atoms with Crippen LogP contribution in [0.4, 0.5) is 5.69 Å². The number of carbonyl (C=O) groups is 2. The van der Waals surface area contributed by atoms with Crippen molar-refractivity contribution in [2.45, 2.75) is 30.6 Å². The van der Waals surface area contributed by atoms with Crippen molar-refractivity contribution in [2.24, 2.45) is 11.7 Å². The van der Waals surface area contributed by atoms with Gasteiger partial charge in [-0.2, -0.15) is 0 Å². The molecule has 1 fully saturated rings. The third kappa shape index (κ3) is 4.04. The minimum absolute atomic E-state index is 0.0500. The Morgan fingerprint density at radius 2 is 1.88 bits per heavy atom. The van der Waals surface area contributed by atoms with Gasteiger partial charge in [0, 0.05) is 25.2 Å². The number of sulfonamides is 1. The molecule has 2 aromatic rings. The lowest BCUT2D eigenvalue weighted by Crippen LogP contribution is -2.44. The summed E-state index contributed by atoms with van der Waals surface area (Å²) in [4.78, 5) is 26.2. The maximum Gasteiger partial charge on any atom is 0.268 e. The van der Waals surface area contributed by atoms with E-state index in [4.69, 9.17) is 10.5 Å². The van der Waals surface area contributed by atoms with Gasteiger partial charge < -0.3 is 15.4 Å². The second-order valence-electron chi connectivity index (χ2n) is 8.17. The zero-order valence-corrected chi connectivity index (χ0v) is 18.8. The summed E-state index contributed by atoms with van der Waals surface area (Å²) in [6.07, 6.45) is 2.84. The van der Waals surface area contributed by atoms with Crippen molar-refractivity contribution in [1.82, 2.24) is 4.90 Å². The number of benzene rings is 2. The maximum atomic E-state index is 13.7. The molecule has 2 aliphatic rings. The van der Waals surface area contributed by atoms with Crippen LogP contribution in [0.3, 0.4) is 0 Å². The highest BCUT2D eigenvalue weighted by atomic mass is 32.2. The molecule has 8 nitrogen and oxygen atoms in total. The second kappa shape index (κ2) is 8.82. The summed E-state index contributed by atoms with van der Waals surface area (Å²) < 4.78 is 34.1. The van der Waals surface area contributed by atoms with Gasteiger partial charge in [0.1, 0.15) is 10.6 Å². The topological polar surface area (TPSA) is 110 Å². The molecule has 170 valence electrons. The number of aryl methyl sites for hydroxylation is 1. The Morgan fingerprint density at radius 1 is 1.09 bits per heavy atom. The van der Waals surface area contributed by atoms with E-state index in [0.717, 1.165) is 12.0 Å². The van der Waals surface area contributed by atoms with E-state index in [0.29, 0.717) is 38.0 Å². The van der Waals surface area contributed by atoms with E-state index in [2.05, 4.69) is 0 Å². The van der Waals surface area contributed by atoms with Crippen LogP contribution in [-0.2, 0) is 21.2 Å². The fourth-order valence-electron chi connectivity index (χ4n) is 4.46. The summed E-state index contributed by atoms with van der Waals surface area (Å²) in [5, 5.41) is 0. The Kier molecular flexibility index (Phi) is 6.10. The number of hydrogen-bond acceptors (Lipinski definition) is 5. The monoisotopic (exact) mass is 457 g/mol. The van der Waals surface area contributed by atoms with Crippen LogP contribution in [0.1, 0.15) is 35.2 Å². The SMILES string of the molecule is COc1ccc(C(=O)N2CCC[C@@H](C(N)=O)C2)cc1S(=O)(=O)N1CCCc2ccccc21. The highest BCUT2D eigenvalue weighted by molar-refractivity contribution is 7.93. The number of likely N-dealkylation sites (tertiary alicyclic amines) is 1. The maximum absolute atomic E-state index is 13.7. The van der Waals surface area contributed by atoms with Crippen LogP contribution in [0.25, 0.3) is 0 Å². The van der Waals surface area contributed by atoms with Crippen molar-refractivity contribution < 1.29 is 22.7 Å². The van der Waals surface area contributed by atoms with E-state index in [-0.39, 0.29) is 34.6 Å². The normalized spacial score (nSPS) is 18.7. The summed E-state index contributed by atoms with van der Waals surface area (Å²) in [5.41, 5.74) is 7.29. The van der Waals surface area contributed by atoms with Crippen molar-refractivity contribution in [2.75, 3.05) is 31.0 Å². The Balaban J connectivity index is 1.70. The largest absolute Gasteiger partial charge is 0.495 e. The lowest BCUT2D eigenvalue weighted by molar-refractivity contribution is -0.123. The minimum Gasteiger partial charge on any atom is -0.495 e. The van der Waals surface area contributed by atoms with Crippen molar-refractivity contribution in [3.63, 3.8) is 0 Å². The first kappa shape index (κ1) is 22.1. The molecular weight excluding hydrogens is 430 g/mol. The van der Waals surface area contributed by atoms with Crippen LogP contribution in [0.2, 0.25) is 0 Å². The van der Waals surface area contributed by atoms with E-state index < -0.39 is 15.9 Å². The molecule has 1 saturated heterocycles. The molecule has 0 radical (unpaired) electrons. The zero-order chi connectivity index (χ0) is 22.9. The Bertz CT molecular complexity index is 1150. The van der Waals surface area contributed by atoms with Gasteiger partial charge in [0.15, 0.2) is 0 Å². The lowest BCUT2D eigenvalue weighted by atomic mass is 9.97. The first-order valence-corrected chi connectivity index (χ1v) is 12.1. The summed E-state index contributed by atoms with van der Waals surface area (Å²) in [5.74, 6) is -0.962. The number of carbonyl (C=O) groups excluding carboxylic acids is 2. The van der Waals surface area contributed by atoms with Crippen LogP contribution in [0.5, 0.6) is 5.75 Å². The number of nitrogens with two attached hydrogens (primary N) is 1. The number of anilines is 1. The van der Waals surface area contributed by atoms with Crippen molar-refractivity contribution >= 4 is 27.5 Å². The fraction of sp³-hybridized carbons (Fsp3) is 0.391. The van der Waals surface area contributed by atoms with Gasteiger partial charge in [-0.05, 0) is 55.5 Å². The minimum atomic E-state index is -3.97. The first-order valence-electron chi connectivity index (χ1n) is 10.7. The molecule has 0 aromatic heterocycles. The molecule has 32 heavy (non-hydrogen) atoms. The van der Waals surface area contributed by atoms with E-state index in [1.807, 2.05) is 18.2 Å². The number of para-hydroxylation sites is 1. The number of hydrogen-bond donors (Lipinski definition) is 1. The molecule has 2 N–H and O–H groups in total. The van der Waals surface area contributed by atoms with Gasteiger partial charge in [-0.15, -0.1) is 0 Å². The molecule has 2 aliphatic heterocycles. The van der Waals surface area contributed by atoms with Gasteiger partial charge in [-0.3, -0.25) is 13.9 Å². The van der Waals surface area contributed by atoms with Gasteiger partial charge in [-0.1, -0.05) is 18.2 Å². The molecule has 4 rings (SSSR count). The Labute approximate surface area is 188 Å². The van der Waals surface area contributed by atoms with Crippen LogP contribution >= 0.6 is 0 Å². The summed E-state index contributed by atoms with van der Waals surface area (Å²) >= 11 is 0. The smallest absolute Gasteiger partial charge is 0.268 e. The third-order valence-electron chi connectivity index (χ3n) is 6.16. The van der Waals surface area contributed by atoms with Gasteiger partial charge in [-0.25, -0.2) is 8.42 Å². The predicted molar refractivity (Wildman–Crippen MR) is 120 cm³/mol. The van der Waals surface area contributed by atoms with Gasteiger partial charge in [0.2, 0.25) is 5.91 Å².